The van der Waals surface area contributed by atoms with Crippen LogP contribution in [0.5, 0.6) is 0 Å². The summed E-state index contributed by atoms with van der Waals surface area (Å²) >= 11 is 0. The minimum Gasteiger partial charge on any atom is -0.308 e. The number of hydrogen-bond acceptors (Lipinski definition) is 4. The summed E-state index contributed by atoms with van der Waals surface area (Å²) in [4.78, 5) is 0. The number of para-hydroxylation sites is 2. The van der Waals surface area contributed by atoms with E-state index in [4.69, 9.17) is 0 Å². The van der Waals surface area contributed by atoms with E-state index in [-0.39, 0.29) is 0 Å². The highest BCUT2D eigenvalue weighted by Gasteiger charge is 2.23. The van der Waals surface area contributed by atoms with Gasteiger partial charge in [-0.1, -0.05) is 60.7 Å². The Morgan fingerprint density at radius 1 is 0.370 bits per heavy atom. The summed E-state index contributed by atoms with van der Waals surface area (Å²) in [7, 11) is 0. The molecule has 210 valence electrons. The van der Waals surface area contributed by atoms with Gasteiger partial charge in [0.05, 0.1) is 80.0 Å². The van der Waals surface area contributed by atoms with Crippen LogP contribution in [-0.4, -0.2) is 9.13 Å². The van der Waals surface area contributed by atoms with Gasteiger partial charge in [-0.05, 0) is 66.2 Å². The molecule has 6 heteroatoms. The summed E-state index contributed by atoms with van der Waals surface area (Å²) in [5.74, 6) is 0. The van der Waals surface area contributed by atoms with Crippen LogP contribution in [0.1, 0.15) is 22.3 Å². The molecule has 0 fully saturated rings. The van der Waals surface area contributed by atoms with Crippen molar-refractivity contribution in [2.45, 2.75) is 0 Å². The predicted molar refractivity (Wildman–Crippen MR) is 179 cm³/mol. The Labute approximate surface area is 263 Å². The first kappa shape index (κ1) is 26.5. The third kappa shape index (κ3) is 3.86. The lowest BCUT2D eigenvalue weighted by Crippen LogP contribution is -2.05. The topological polar surface area (TPSA) is 105 Å². The Kier molecular flexibility index (Phi) is 5.91. The Hall–Kier alpha value is -7.12. The summed E-state index contributed by atoms with van der Waals surface area (Å²) in [5, 5.41) is 44.1. The van der Waals surface area contributed by atoms with Crippen molar-refractivity contribution in [2.75, 3.05) is 0 Å². The minimum absolute atomic E-state index is 0.440. The normalized spacial score (nSPS) is 11.0. The van der Waals surface area contributed by atoms with Gasteiger partial charge in [-0.3, -0.25) is 0 Å². The highest BCUT2D eigenvalue weighted by molar-refractivity contribution is 6.12. The van der Waals surface area contributed by atoms with E-state index in [2.05, 4.69) is 45.5 Å². The van der Waals surface area contributed by atoms with Gasteiger partial charge in [-0.2, -0.15) is 21.0 Å². The smallest absolute Gasteiger partial charge is 0.0993 e. The summed E-state index contributed by atoms with van der Waals surface area (Å²) in [6, 6.07) is 47.9. The number of nitrogens with zero attached hydrogens (tertiary/aromatic N) is 6. The lowest BCUT2D eigenvalue weighted by Gasteiger charge is -2.21. The van der Waals surface area contributed by atoms with Gasteiger partial charge in [-0.25, -0.2) is 0 Å². The average Bonchev–Trinajstić information content (AvgIpc) is 3.62. The molecule has 0 N–H and O–H groups in total. The maximum Gasteiger partial charge on any atom is 0.0993 e. The van der Waals surface area contributed by atoms with E-state index in [0.29, 0.717) is 22.3 Å². The van der Waals surface area contributed by atoms with Gasteiger partial charge in [0, 0.05) is 27.1 Å². The van der Waals surface area contributed by atoms with Crippen molar-refractivity contribution in [3.05, 3.63) is 144 Å². The predicted octanol–water partition coefficient (Wildman–Crippen LogP) is 9.03. The number of hydrogen-bond donors (Lipinski definition) is 0. The van der Waals surface area contributed by atoms with Gasteiger partial charge >= 0.3 is 0 Å². The molecule has 8 aromatic rings. The fourth-order valence-corrected chi connectivity index (χ4v) is 6.67. The van der Waals surface area contributed by atoms with E-state index in [1.54, 1.807) is 6.07 Å². The summed E-state index contributed by atoms with van der Waals surface area (Å²) < 4.78 is 4.22. The van der Waals surface area contributed by atoms with Crippen LogP contribution < -0.4 is 0 Å². The van der Waals surface area contributed by atoms with Crippen LogP contribution in [0.2, 0.25) is 0 Å². The standard InChI is InChI=1S/C40H20N6/c41-21-25-6-5-7-29(16-25)40-38(45-34-10-3-1-8-30(34)32-14-12-26(22-42)17-36(32)45)19-28(24-44)20-39(40)46-35-11-4-2-9-31(35)33-15-13-27(23-43)18-37(33)46/h1-20H. The molecule has 0 bridgehead atoms. The molecule has 0 aliphatic rings. The molecule has 6 aromatic carbocycles. The second kappa shape index (κ2) is 10.3. The van der Waals surface area contributed by atoms with E-state index in [0.717, 1.165) is 66.1 Å². The van der Waals surface area contributed by atoms with Crippen LogP contribution >= 0.6 is 0 Å². The van der Waals surface area contributed by atoms with E-state index in [1.165, 1.54) is 0 Å². The molecule has 0 saturated carbocycles. The van der Waals surface area contributed by atoms with Crippen molar-refractivity contribution in [3.63, 3.8) is 0 Å². The number of nitriles is 4. The zero-order valence-corrected chi connectivity index (χ0v) is 24.2. The van der Waals surface area contributed by atoms with Gasteiger partial charge in [0.25, 0.3) is 0 Å². The molecule has 6 nitrogen and oxygen atoms in total. The number of aromatic nitrogens is 2. The molecule has 0 radical (unpaired) electrons. The lowest BCUT2D eigenvalue weighted by atomic mass is 9.96. The molecule has 46 heavy (non-hydrogen) atoms. The summed E-state index contributed by atoms with van der Waals surface area (Å²) in [6.45, 7) is 0. The highest BCUT2D eigenvalue weighted by atomic mass is 15.0. The van der Waals surface area contributed by atoms with Crippen LogP contribution in [0, 0.1) is 45.3 Å². The molecule has 0 unspecified atom stereocenters. The quantitative estimate of drug-likeness (QED) is 0.207. The molecule has 2 heterocycles. The summed E-state index contributed by atoms with van der Waals surface area (Å²) in [5.41, 5.74) is 8.52. The van der Waals surface area contributed by atoms with Crippen LogP contribution in [0.15, 0.2) is 121 Å². The van der Waals surface area contributed by atoms with Crippen molar-refractivity contribution in [3.8, 4) is 46.8 Å². The minimum atomic E-state index is 0.440. The van der Waals surface area contributed by atoms with Crippen LogP contribution in [-0.2, 0) is 0 Å². The monoisotopic (exact) mass is 584 g/mol. The number of rotatable bonds is 3. The molecule has 0 aliphatic carbocycles. The maximum atomic E-state index is 10.4. The van der Waals surface area contributed by atoms with Crippen molar-refractivity contribution in [2.24, 2.45) is 0 Å². The second-order valence-electron chi connectivity index (χ2n) is 11.1. The van der Waals surface area contributed by atoms with Crippen molar-refractivity contribution in [1.82, 2.24) is 9.13 Å². The molecule has 0 atom stereocenters. The van der Waals surface area contributed by atoms with Gasteiger partial charge in [0.15, 0.2) is 0 Å². The Morgan fingerprint density at radius 2 is 0.826 bits per heavy atom. The van der Waals surface area contributed by atoms with Gasteiger partial charge in [-0.15, -0.1) is 0 Å². The van der Waals surface area contributed by atoms with Crippen LogP contribution in [0.4, 0.5) is 0 Å². The zero-order valence-electron chi connectivity index (χ0n) is 24.2. The third-order valence-electron chi connectivity index (χ3n) is 8.59. The summed E-state index contributed by atoms with van der Waals surface area (Å²) in [6.07, 6.45) is 0. The van der Waals surface area contributed by atoms with Gasteiger partial charge < -0.3 is 9.13 Å². The molecule has 0 saturated heterocycles. The van der Waals surface area contributed by atoms with Crippen molar-refractivity contribution >= 4 is 43.6 Å². The maximum absolute atomic E-state index is 10.4. The fourth-order valence-electron chi connectivity index (χ4n) is 6.67. The van der Waals surface area contributed by atoms with E-state index < -0.39 is 0 Å². The molecule has 0 aliphatic heterocycles. The van der Waals surface area contributed by atoms with E-state index in [9.17, 15) is 21.0 Å². The average molecular weight is 585 g/mol. The first-order chi connectivity index (χ1) is 22.6. The Morgan fingerprint density at radius 3 is 1.33 bits per heavy atom. The Balaban J connectivity index is 1.62. The third-order valence-corrected chi connectivity index (χ3v) is 8.59. The van der Waals surface area contributed by atoms with E-state index in [1.807, 2.05) is 103 Å². The molecular weight excluding hydrogens is 564 g/mol. The Bertz CT molecular complexity index is 2600. The van der Waals surface area contributed by atoms with Gasteiger partial charge in [0.1, 0.15) is 0 Å². The second-order valence-corrected chi connectivity index (χ2v) is 11.1. The largest absolute Gasteiger partial charge is 0.308 e. The molecule has 0 amide bonds. The first-order valence-electron chi connectivity index (χ1n) is 14.6. The molecule has 0 spiro atoms. The molecule has 8 rings (SSSR count). The number of fused-ring (bicyclic) bond motifs is 6. The first-order valence-corrected chi connectivity index (χ1v) is 14.6. The van der Waals surface area contributed by atoms with E-state index >= 15 is 0 Å². The van der Waals surface area contributed by atoms with Crippen molar-refractivity contribution < 1.29 is 0 Å². The highest BCUT2D eigenvalue weighted by Crippen LogP contribution is 2.43. The zero-order chi connectivity index (χ0) is 31.4. The van der Waals surface area contributed by atoms with Crippen LogP contribution in [0.25, 0.3) is 66.1 Å². The SMILES string of the molecule is N#Cc1cccc(-c2c(-n3c4ccccc4c4ccc(C#N)cc43)cc(C#N)cc2-n2c3ccccc3c3ccc(C#N)cc32)c1. The lowest BCUT2D eigenvalue weighted by molar-refractivity contribution is 1.13. The van der Waals surface area contributed by atoms with Gasteiger partial charge in [0.2, 0.25) is 0 Å². The van der Waals surface area contributed by atoms with Crippen LogP contribution in [0.3, 0.4) is 0 Å². The molecular formula is C40H20N6. The van der Waals surface area contributed by atoms with Crippen molar-refractivity contribution in [1.29, 1.82) is 21.0 Å². The number of benzene rings is 6. The molecule has 2 aromatic heterocycles. The fraction of sp³-hybridized carbons (Fsp3) is 0.